The molecule has 44 heavy (non-hydrogen) atoms. The Balaban J connectivity index is 1.42. The molecule has 1 nitrogen and oxygen atoms in total. The second-order valence-electron chi connectivity index (χ2n) is 11.5. The average molecular weight is 562 g/mol. The number of hydrogen-bond acceptors (Lipinski definition) is 0. The molecule has 0 spiro atoms. The highest BCUT2D eigenvalue weighted by molar-refractivity contribution is 6.11. The largest absolute Gasteiger partial charge is 0.309 e. The normalized spacial score (nSPS) is 11.3. The summed E-state index contributed by atoms with van der Waals surface area (Å²) >= 11 is 0. The highest BCUT2D eigenvalue weighted by Crippen LogP contribution is 2.41. The number of fused-ring (bicyclic) bond motifs is 3. The average Bonchev–Trinajstić information content (AvgIpc) is 3.43. The number of rotatable bonds is 5. The molecule has 1 aromatic heterocycles. The third-order valence-electron chi connectivity index (χ3n) is 8.70. The van der Waals surface area contributed by atoms with E-state index in [1.54, 1.807) is 0 Å². The van der Waals surface area contributed by atoms with Gasteiger partial charge in [0.15, 0.2) is 0 Å². The second kappa shape index (κ2) is 10.9. The van der Waals surface area contributed by atoms with Gasteiger partial charge in [0.05, 0.1) is 16.7 Å². The lowest BCUT2D eigenvalue weighted by molar-refractivity contribution is 1.18. The summed E-state index contributed by atoms with van der Waals surface area (Å²) in [7, 11) is 0. The summed E-state index contributed by atoms with van der Waals surface area (Å²) in [4.78, 5) is 0. The molecule has 0 N–H and O–H groups in total. The maximum Gasteiger partial charge on any atom is 0.0547 e. The molecule has 0 aliphatic carbocycles. The summed E-state index contributed by atoms with van der Waals surface area (Å²) < 4.78 is 2.47. The predicted octanol–water partition coefficient (Wildman–Crippen LogP) is 11.8. The van der Waals surface area contributed by atoms with Crippen LogP contribution in [0, 0.1) is 6.92 Å². The Kier molecular flexibility index (Phi) is 6.43. The first-order valence-electron chi connectivity index (χ1n) is 15.2. The van der Waals surface area contributed by atoms with E-state index < -0.39 is 0 Å². The van der Waals surface area contributed by atoms with Crippen molar-refractivity contribution in [3.05, 3.63) is 175 Å². The molecule has 0 fully saturated rings. The lowest BCUT2D eigenvalue weighted by atomic mass is 9.93. The molecule has 8 rings (SSSR count). The van der Waals surface area contributed by atoms with Gasteiger partial charge in [-0.05, 0) is 64.1 Å². The molecule has 0 saturated carbocycles. The lowest BCUT2D eigenvalue weighted by Crippen LogP contribution is -1.98. The van der Waals surface area contributed by atoms with E-state index in [0.717, 1.165) is 0 Å². The quantitative estimate of drug-likeness (QED) is 0.197. The van der Waals surface area contributed by atoms with Crippen molar-refractivity contribution < 1.29 is 0 Å². The van der Waals surface area contributed by atoms with Gasteiger partial charge in [-0.25, -0.2) is 0 Å². The lowest BCUT2D eigenvalue weighted by Gasteiger charge is -2.17. The molecule has 1 heteroatoms. The van der Waals surface area contributed by atoms with Gasteiger partial charge in [-0.1, -0.05) is 157 Å². The fourth-order valence-electron chi connectivity index (χ4n) is 6.51. The number of aryl methyl sites for hydroxylation is 1. The van der Waals surface area contributed by atoms with Gasteiger partial charge >= 0.3 is 0 Å². The molecule has 0 atom stereocenters. The van der Waals surface area contributed by atoms with Gasteiger partial charge in [0.1, 0.15) is 0 Å². The number of hydrogen-bond donors (Lipinski definition) is 0. The fraction of sp³-hybridized carbons (Fsp3) is 0.0233. The molecule has 7 aromatic carbocycles. The fourth-order valence-corrected chi connectivity index (χ4v) is 6.51. The van der Waals surface area contributed by atoms with Crippen molar-refractivity contribution in [2.75, 3.05) is 0 Å². The van der Waals surface area contributed by atoms with Gasteiger partial charge in [0, 0.05) is 16.3 Å². The molecule has 0 amide bonds. The standard InChI is InChI=1S/C43H31N/c1-30-20-22-33(23-21-30)36-16-8-9-17-37(36)35-25-27-40-39-18-10-11-19-41(39)44(43(40)29-35)42-28-34(31-12-4-2-5-13-31)24-26-38(42)32-14-6-3-7-15-32/h2-29H,1H3. The third-order valence-corrected chi connectivity index (χ3v) is 8.70. The van der Waals surface area contributed by atoms with Crippen molar-refractivity contribution in [2.45, 2.75) is 6.92 Å². The number of nitrogens with zero attached hydrogens (tertiary/aromatic N) is 1. The highest BCUT2D eigenvalue weighted by atomic mass is 15.0. The Morgan fingerprint density at radius 1 is 0.341 bits per heavy atom. The molecule has 1 heterocycles. The van der Waals surface area contributed by atoms with Crippen LogP contribution in [0.25, 0.3) is 72.0 Å². The zero-order chi connectivity index (χ0) is 29.5. The smallest absolute Gasteiger partial charge is 0.0547 e. The monoisotopic (exact) mass is 561 g/mol. The van der Waals surface area contributed by atoms with E-state index >= 15 is 0 Å². The van der Waals surface area contributed by atoms with Crippen LogP contribution in [0.2, 0.25) is 0 Å². The first-order chi connectivity index (χ1) is 21.7. The van der Waals surface area contributed by atoms with Crippen molar-refractivity contribution >= 4 is 21.8 Å². The molecule has 0 radical (unpaired) electrons. The Morgan fingerprint density at radius 3 is 1.64 bits per heavy atom. The van der Waals surface area contributed by atoms with Crippen LogP contribution >= 0.6 is 0 Å². The summed E-state index contributed by atoms with van der Waals surface area (Å²) in [6, 6.07) is 61.6. The topological polar surface area (TPSA) is 4.93 Å². The van der Waals surface area contributed by atoms with E-state index in [4.69, 9.17) is 0 Å². The van der Waals surface area contributed by atoms with E-state index in [1.165, 1.54) is 77.6 Å². The van der Waals surface area contributed by atoms with E-state index in [9.17, 15) is 0 Å². The maximum absolute atomic E-state index is 2.47. The molecular formula is C43H31N. The first kappa shape index (κ1) is 26.0. The van der Waals surface area contributed by atoms with Crippen molar-refractivity contribution in [1.82, 2.24) is 4.57 Å². The van der Waals surface area contributed by atoms with Crippen molar-refractivity contribution in [3.8, 4) is 50.2 Å². The van der Waals surface area contributed by atoms with Gasteiger partial charge in [0.25, 0.3) is 0 Å². The van der Waals surface area contributed by atoms with Crippen LogP contribution in [0.15, 0.2) is 170 Å². The van der Waals surface area contributed by atoms with Crippen LogP contribution in [-0.2, 0) is 0 Å². The van der Waals surface area contributed by atoms with E-state index in [2.05, 4.69) is 181 Å². The van der Waals surface area contributed by atoms with E-state index in [1.807, 2.05) is 0 Å². The molecule has 0 aliphatic heterocycles. The summed E-state index contributed by atoms with van der Waals surface area (Å²) in [6.45, 7) is 2.14. The molecule has 0 saturated heterocycles. The number of aromatic nitrogens is 1. The molecule has 0 unspecified atom stereocenters. The van der Waals surface area contributed by atoms with Gasteiger partial charge in [0.2, 0.25) is 0 Å². The number of benzene rings is 7. The van der Waals surface area contributed by atoms with Crippen molar-refractivity contribution in [3.63, 3.8) is 0 Å². The van der Waals surface area contributed by atoms with Crippen LogP contribution in [0.3, 0.4) is 0 Å². The summed E-state index contributed by atoms with van der Waals surface area (Å²) in [5.74, 6) is 0. The Morgan fingerprint density at radius 2 is 0.886 bits per heavy atom. The molecular weight excluding hydrogens is 530 g/mol. The molecule has 0 bridgehead atoms. The van der Waals surface area contributed by atoms with Gasteiger partial charge in [-0.2, -0.15) is 0 Å². The van der Waals surface area contributed by atoms with Gasteiger partial charge in [-0.3, -0.25) is 0 Å². The number of para-hydroxylation sites is 1. The minimum Gasteiger partial charge on any atom is -0.309 e. The predicted molar refractivity (Wildman–Crippen MR) is 187 cm³/mol. The minimum atomic E-state index is 1.17. The first-order valence-corrected chi connectivity index (χ1v) is 15.2. The van der Waals surface area contributed by atoms with Crippen LogP contribution in [0.4, 0.5) is 0 Å². The Hall–Kier alpha value is -5.66. The molecule has 0 aliphatic rings. The van der Waals surface area contributed by atoms with Crippen LogP contribution in [0.1, 0.15) is 5.56 Å². The maximum atomic E-state index is 2.47. The SMILES string of the molecule is Cc1ccc(-c2ccccc2-c2ccc3c4ccccc4n(-c4cc(-c5ccccc5)ccc4-c4ccccc4)c3c2)cc1. The minimum absolute atomic E-state index is 1.17. The zero-order valence-electron chi connectivity index (χ0n) is 24.6. The van der Waals surface area contributed by atoms with Crippen molar-refractivity contribution in [2.24, 2.45) is 0 Å². The molecule has 8 aromatic rings. The van der Waals surface area contributed by atoms with Gasteiger partial charge < -0.3 is 4.57 Å². The van der Waals surface area contributed by atoms with Crippen LogP contribution in [-0.4, -0.2) is 4.57 Å². The summed E-state index contributed by atoms with van der Waals surface area (Å²) in [5, 5.41) is 2.51. The highest BCUT2D eigenvalue weighted by Gasteiger charge is 2.18. The van der Waals surface area contributed by atoms with Crippen molar-refractivity contribution in [1.29, 1.82) is 0 Å². The Labute approximate surface area is 258 Å². The van der Waals surface area contributed by atoms with E-state index in [0.29, 0.717) is 0 Å². The summed E-state index contributed by atoms with van der Waals surface area (Å²) in [5.41, 5.74) is 14.6. The van der Waals surface area contributed by atoms with Gasteiger partial charge in [-0.15, -0.1) is 0 Å². The second-order valence-corrected chi connectivity index (χ2v) is 11.5. The zero-order valence-corrected chi connectivity index (χ0v) is 24.6. The van der Waals surface area contributed by atoms with Crippen LogP contribution < -0.4 is 0 Å². The molecule has 208 valence electrons. The third kappa shape index (κ3) is 4.51. The van der Waals surface area contributed by atoms with E-state index in [-0.39, 0.29) is 0 Å². The van der Waals surface area contributed by atoms with Crippen LogP contribution in [0.5, 0.6) is 0 Å². The summed E-state index contributed by atoms with van der Waals surface area (Å²) in [6.07, 6.45) is 0. The Bertz CT molecular complexity index is 2260.